The van der Waals surface area contributed by atoms with E-state index in [-0.39, 0.29) is 5.54 Å². The highest BCUT2D eigenvalue weighted by molar-refractivity contribution is 6.40. The first-order valence-electron chi connectivity index (χ1n) is 2.27. The Morgan fingerprint density at radius 1 is 1.71 bits per heavy atom. The first-order chi connectivity index (χ1) is 3.17. The molecule has 0 unspecified atom stereocenters. The molecule has 0 aromatic heterocycles. The Hall–Kier alpha value is -0.660. The van der Waals surface area contributed by atoms with Crippen molar-refractivity contribution in [2.75, 3.05) is 0 Å². The van der Waals surface area contributed by atoms with Gasteiger partial charge in [-0.25, -0.2) is 0 Å². The van der Waals surface area contributed by atoms with Crippen LogP contribution >= 0.6 is 0 Å². The summed E-state index contributed by atoms with van der Waals surface area (Å²) in [7, 11) is 0. The predicted octanol–water partition coefficient (Wildman–Crippen LogP) is 0.869. The molecule has 0 spiro atoms. The third kappa shape index (κ3) is 0.557. The molecule has 0 aromatic rings. The minimum absolute atomic E-state index is 0.0156. The van der Waals surface area contributed by atoms with E-state index in [1.54, 1.807) is 0 Å². The number of hydrogen-bond acceptors (Lipinski definition) is 2. The standard InChI is InChI=1S/C5H8N2/c1-5(2)4(3-6)7-5/h3,6H,1-2H3. The van der Waals surface area contributed by atoms with Crippen molar-refractivity contribution < 1.29 is 0 Å². The molecule has 1 heterocycles. The average molecular weight is 96.1 g/mol. The molecule has 0 saturated heterocycles. The van der Waals surface area contributed by atoms with E-state index in [0.29, 0.717) is 0 Å². The molecule has 0 fully saturated rings. The Labute approximate surface area is 42.8 Å². The van der Waals surface area contributed by atoms with Gasteiger partial charge in [-0.3, -0.25) is 4.99 Å². The minimum Gasteiger partial charge on any atom is -0.307 e. The maximum absolute atomic E-state index is 6.72. The molecule has 0 bridgehead atoms. The van der Waals surface area contributed by atoms with Gasteiger partial charge in [-0.05, 0) is 13.8 Å². The fraction of sp³-hybridized carbons (Fsp3) is 0.600. The maximum atomic E-state index is 6.72. The Morgan fingerprint density at radius 2 is 2.14 bits per heavy atom. The fourth-order valence-electron chi connectivity index (χ4n) is 0.482. The van der Waals surface area contributed by atoms with Crippen molar-refractivity contribution in [2.45, 2.75) is 19.4 Å². The van der Waals surface area contributed by atoms with Crippen LogP contribution in [0.3, 0.4) is 0 Å². The molecule has 38 valence electrons. The fourth-order valence-corrected chi connectivity index (χ4v) is 0.482. The van der Waals surface area contributed by atoms with Crippen LogP contribution in [0.5, 0.6) is 0 Å². The monoisotopic (exact) mass is 96.1 g/mol. The van der Waals surface area contributed by atoms with Crippen molar-refractivity contribution in [3.8, 4) is 0 Å². The Balaban J connectivity index is 2.55. The lowest BCUT2D eigenvalue weighted by molar-refractivity contribution is 0.828. The summed E-state index contributed by atoms with van der Waals surface area (Å²) in [5, 5.41) is 6.72. The zero-order valence-electron chi connectivity index (χ0n) is 4.52. The van der Waals surface area contributed by atoms with Crippen LogP contribution in [0.2, 0.25) is 0 Å². The SMILES string of the molecule is CC1(C)N=C1C=N. The largest absolute Gasteiger partial charge is 0.307 e. The van der Waals surface area contributed by atoms with Crippen molar-refractivity contribution in [3.63, 3.8) is 0 Å². The highest BCUT2D eigenvalue weighted by Crippen LogP contribution is 2.23. The zero-order chi connectivity index (χ0) is 5.49. The van der Waals surface area contributed by atoms with E-state index >= 15 is 0 Å². The van der Waals surface area contributed by atoms with Crippen LogP contribution in [-0.2, 0) is 0 Å². The van der Waals surface area contributed by atoms with Crippen molar-refractivity contribution in [3.05, 3.63) is 0 Å². The summed E-state index contributed by atoms with van der Waals surface area (Å²) in [5.74, 6) is 0. The zero-order valence-corrected chi connectivity index (χ0v) is 4.52. The predicted molar refractivity (Wildman–Crippen MR) is 30.3 cm³/mol. The van der Waals surface area contributed by atoms with Gasteiger partial charge in [-0.15, -0.1) is 0 Å². The van der Waals surface area contributed by atoms with Crippen molar-refractivity contribution in [2.24, 2.45) is 4.99 Å². The summed E-state index contributed by atoms with van der Waals surface area (Å²) in [6, 6.07) is 0. The van der Waals surface area contributed by atoms with Crippen molar-refractivity contribution >= 4 is 11.9 Å². The van der Waals surface area contributed by atoms with Crippen molar-refractivity contribution in [1.29, 1.82) is 5.41 Å². The molecule has 0 aromatic carbocycles. The normalized spacial score (nSPS) is 23.4. The van der Waals surface area contributed by atoms with Gasteiger partial charge in [0.25, 0.3) is 0 Å². The summed E-state index contributed by atoms with van der Waals surface area (Å²) in [4.78, 5) is 3.98. The third-order valence-corrected chi connectivity index (χ3v) is 1.11. The molecule has 1 N–H and O–H groups in total. The second-order valence-electron chi connectivity index (χ2n) is 2.20. The van der Waals surface area contributed by atoms with Gasteiger partial charge in [0.1, 0.15) is 0 Å². The second kappa shape index (κ2) is 0.941. The molecule has 0 atom stereocenters. The van der Waals surface area contributed by atoms with E-state index in [9.17, 15) is 0 Å². The summed E-state index contributed by atoms with van der Waals surface area (Å²) >= 11 is 0. The molecule has 0 radical (unpaired) electrons. The van der Waals surface area contributed by atoms with Gasteiger partial charge >= 0.3 is 0 Å². The quantitative estimate of drug-likeness (QED) is 0.470. The van der Waals surface area contributed by atoms with Crippen LogP contribution in [0.4, 0.5) is 0 Å². The number of nitrogens with one attached hydrogen (secondary N) is 1. The molecule has 7 heavy (non-hydrogen) atoms. The van der Waals surface area contributed by atoms with Crippen LogP contribution < -0.4 is 0 Å². The summed E-state index contributed by atoms with van der Waals surface area (Å²) in [5.41, 5.74) is 0.925. The highest BCUT2D eigenvalue weighted by Gasteiger charge is 2.34. The van der Waals surface area contributed by atoms with Crippen LogP contribution in [-0.4, -0.2) is 17.5 Å². The van der Waals surface area contributed by atoms with Crippen LogP contribution in [0, 0.1) is 5.41 Å². The van der Waals surface area contributed by atoms with Crippen LogP contribution in [0.25, 0.3) is 0 Å². The number of aliphatic imine (C=N–C) groups is 1. The Bertz CT molecular complexity index is 133. The minimum atomic E-state index is 0.0156. The van der Waals surface area contributed by atoms with Crippen LogP contribution in [0.15, 0.2) is 4.99 Å². The molecule has 1 aliphatic heterocycles. The topological polar surface area (TPSA) is 36.2 Å². The molecule has 1 rings (SSSR count). The molecular weight excluding hydrogens is 88.1 g/mol. The summed E-state index contributed by atoms with van der Waals surface area (Å²) in [6.07, 6.45) is 1.31. The smallest absolute Gasteiger partial charge is 0.0986 e. The highest BCUT2D eigenvalue weighted by atomic mass is 15.0. The van der Waals surface area contributed by atoms with Gasteiger partial charge in [0.2, 0.25) is 0 Å². The molecule has 0 aliphatic carbocycles. The van der Waals surface area contributed by atoms with E-state index in [1.165, 1.54) is 6.21 Å². The van der Waals surface area contributed by atoms with Gasteiger partial charge in [0, 0.05) is 6.21 Å². The average Bonchev–Trinajstić information content (AvgIpc) is 2.13. The maximum Gasteiger partial charge on any atom is 0.0986 e. The number of hydrogen-bond donors (Lipinski definition) is 1. The molecule has 2 heteroatoms. The lowest BCUT2D eigenvalue weighted by Crippen LogP contribution is -2.06. The Morgan fingerprint density at radius 3 is 2.14 bits per heavy atom. The van der Waals surface area contributed by atoms with Crippen molar-refractivity contribution in [1.82, 2.24) is 0 Å². The lowest BCUT2D eigenvalue weighted by Gasteiger charge is -1.89. The third-order valence-electron chi connectivity index (χ3n) is 1.11. The molecule has 0 saturated carbocycles. The second-order valence-corrected chi connectivity index (χ2v) is 2.20. The van der Waals surface area contributed by atoms with E-state index in [0.717, 1.165) is 5.71 Å². The first-order valence-corrected chi connectivity index (χ1v) is 2.27. The van der Waals surface area contributed by atoms with Gasteiger partial charge in [0.15, 0.2) is 0 Å². The molecule has 2 nitrogen and oxygen atoms in total. The summed E-state index contributed by atoms with van der Waals surface area (Å²) in [6.45, 7) is 3.99. The van der Waals surface area contributed by atoms with E-state index in [4.69, 9.17) is 5.41 Å². The van der Waals surface area contributed by atoms with Gasteiger partial charge in [-0.2, -0.15) is 0 Å². The lowest BCUT2D eigenvalue weighted by atomic mass is 10.1. The molecule has 0 amide bonds. The molecular formula is C5H8N2. The molecule has 1 aliphatic rings. The van der Waals surface area contributed by atoms with E-state index in [1.807, 2.05) is 13.8 Å². The Kier molecular flexibility index (Phi) is 0.604. The van der Waals surface area contributed by atoms with E-state index in [2.05, 4.69) is 4.99 Å². The van der Waals surface area contributed by atoms with Crippen LogP contribution in [0.1, 0.15) is 13.8 Å². The van der Waals surface area contributed by atoms with E-state index < -0.39 is 0 Å². The number of nitrogens with zero attached hydrogens (tertiary/aromatic N) is 1. The number of rotatable bonds is 1. The van der Waals surface area contributed by atoms with Gasteiger partial charge < -0.3 is 5.41 Å². The van der Waals surface area contributed by atoms with Gasteiger partial charge in [0.05, 0.1) is 11.3 Å². The first kappa shape index (κ1) is 4.50. The van der Waals surface area contributed by atoms with Gasteiger partial charge in [-0.1, -0.05) is 0 Å². The summed E-state index contributed by atoms with van der Waals surface area (Å²) < 4.78 is 0.